The van der Waals surface area contributed by atoms with E-state index in [1.165, 1.54) is 0 Å². The van der Waals surface area contributed by atoms with Crippen LogP contribution in [0.3, 0.4) is 0 Å². The van der Waals surface area contributed by atoms with E-state index >= 15 is 0 Å². The van der Waals surface area contributed by atoms with Crippen LogP contribution in [-0.4, -0.2) is 12.9 Å². The van der Waals surface area contributed by atoms with Gasteiger partial charge in [0, 0.05) is 17.8 Å². The fourth-order valence-corrected chi connectivity index (χ4v) is 3.07. The first-order valence-corrected chi connectivity index (χ1v) is 6.53. The average Bonchev–Trinajstić information content (AvgIpc) is 2.31. The molecule has 2 aromatic rings. The Balaban J connectivity index is 2.59. The molecule has 1 aliphatic heterocycles. The minimum atomic E-state index is 0.604. The zero-order valence-electron chi connectivity index (χ0n) is 9.76. The molecule has 0 radical (unpaired) electrons. The van der Waals surface area contributed by atoms with Crippen molar-refractivity contribution in [2.24, 2.45) is 4.99 Å². The smallest absolute Gasteiger partial charge is 0.106 e. The highest BCUT2D eigenvalue weighted by Crippen LogP contribution is 2.47. The van der Waals surface area contributed by atoms with Crippen molar-refractivity contribution in [2.75, 3.05) is 11.9 Å². The molecule has 2 nitrogen and oxygen atoms in total. The highest BCUT2D eigenvalue weighted by Gasteiger charge is 2.23. The van der Waals surface area contributed by atoms with Crippen LogP contribution in [0.4, 0.5) is 11.4 Å². The van der Waals surface area contributed by atoms with Gasteiger partial charge in [0.1, 0.15) is 5.84 Å². The summed E-state index contributed by atoms with van der Waals surface area (Å²) in [6.45, 7) is 1.92. The van der Waals surface area contributed by atoms with Gasteiger partial charge in [-0.2, -0.15) is 0 Å². The molecule has 0 atom stereocenters. The molecular formula is C13H9Cl3N2. The third kappa shape index (κ3) is 1.53. The molecule has 0 spiro atoms. The minimum Gasteiger partial charge on any atom is -0.331 e. The lowest BCUT2D eigenvalue weighted by atomic mass is 10.0. The van der Waals surface area contributed by atoms with E-state index in [9.17, 15) is 0 Å². The number of rotatable bonds is 0. The van der Waals surface area contributed by atoms with Crippen molar-refractivity contribution in [1.82, 2.24) is 0 Å². The van der Waals surface area contributed by atoms with E-state index in [0.717, 1.165) is 28.0 Å². The van der Waals surface area contributed by atoms with Crippen molar-refractivity contribution < 1.29 is 0 Å². The van der Waals surface area contributed by atoms with Crippen LogP contribution in [0.15, 0.2) is 23.2 Å². The summed E-state index contributed by atoms with van der Waals surface area (Å²) in [7, 11) is 1.93. The predicted octanol–water partition coefficient (Wildman–Crippen LogP) is 5.30. The Morgan fingerprint density at radius 2 is 1.78 bits per heavy atom. The van der Waals surface area contributed by atoms with Crippen LogP contribution in [0.2, 0.25) is 15.1 Å². The second-order valence-corrected chi connectivity index (χ2v) is 5.45. The van der Waals surface area contributed by atoms with E-state index in [1.807, 2.05) is 31.0 Å². The Kier molecular flexibility index (Phi) is 2.70. The topological polar surface area (TPSA) is 15.6 Å². The molecule has 3 rings (SSSR count). The Morgan fingerprint density at radius 3 is 2.50 bits per heavy atom. The van der Waals surface area contributed by atoms with Crippen molar-refractivity contribution >= 4 is 62.8 Å². The van der Waals surface area contributed by atoms with Crippen LogP contribution >= 0.6 is 34.8 Å². The van der Waals surface area contributed by atoms with Crippen LogP contribution in [0.25, 0.3) is 10.8 Å². The third-order valence-electron chi connectivity index (χ3n) is 3.20. The summed E-state index contributed by atoms with van der Waals surface area (Å²) in [6.07, 6.45) is 0. The van der Waals surface area contributed by atoms with E-state index in [4.69, 9.17) is 34.8 Å². The van der Waals surface area contributed by atoms with E-state index in [2.05, 4.69) is 4.99 Å². The zero-order valence-corrected chi connectivity index (χ0v) is 12.0. The molecule has 0 aromatic heterocycles. The lowest BCUT2D eigenvalue weighted by Crippen LogP contribution is -2.25. The van der Waals surface area contributed by atoms with Crippen molar-refractivity contribution in [3.05, 3.63) is 33.3 Å². The maximum absolute atomic E-state index is 6.30. The van der Waals surface area contributed by atoms with E-state index < -0.39 is 0 Å². The predicted molar refractivity (Wildman–Crippen MR) is 80.2 cm³/mol. The summed E-state index contributed by atoms with van der Waals surface area (Å²) in [4.78, 5) is 6.47. The highest BCUT2D eigenvalue weighted by molar-refractivity contribution is 6.44. The summed E-state index contributed by atoms with van der Waals surface area (Å²) < 4.78 is 0. The molecule has 0 amide bonds. The van der Waals surface area contributed by atoms with Crippen molar-refractivity contribution in [3.63, 3.8) is 0 Å². The van der Waals surface area contributed by atoms with E-state index in [1.54, 1.807) is 6.07 Å². The van der Waals surface area contributed by atoms with Gasteiger partial charge in [0.05, 0.1) is 26.4 Å². The van der Waals surface area contributed by atoms with Gasteiger partial charge in [-0.1, -0.05) is 40.9 Å². The first-order chi connectivity index (χ1) is 8.50. The van der Waals surface area contributed by atoms with Gasteiger partial charge < -0.3 is 4.90 Å². The van der Waals surface area contributed by atoms with Gasteiger partial charge >= 0.3 is 0 Å². The van der Waals surface area contributed by atoms with Gasteiger partial charge in [-0.3, -0.25) is 0 Å². The van der Waals surface area contributed by atoms with Gasteiger partial charge in [0.15, 0.2) is 0 Å². The lowest BCUT2D eigenvalue weighted by Gasteiger charge is -2.27. The number of anilines is 1. The first-order valence-electron chi connectivity index (χ1n) is 5.40. The molecule has 0 N–H and O–H groups in total. The molecule has 2 aromatic carbocycles. The summed E-state index contributed by atoms with van der Waals surface area (Å²) in [6, 6.07) is 5.46. The summed E-state index contributed by atoms with van der Waals surface area (Å²) in [5, 5.41) is 3.65. The molecule has 1 aliphatic rings. The molecule has 0 bridgehead atoms. The monoisotopic (exact) mass is 298 g/mol. The molecule has 1 heterocycles. The maximum atomic E-state index is 6.30. The zero-order chi connectivity index (χ0) is 13.0. The summed E-state index contributed by atoms with van der Waals surface area (Å²) in [5.74, 6) is 0.848. The molecule has 18 heavy (non-hydrogen) atoms. The van der Waals surface area contributed by atoms with Crippen molar-refractivity contribution in [1.29, 1.82) is 0 Å². The van der Waals surface area contributed by atoms with Gasteiger partial charge in [0.25, 0.3) is 0 Å². The van der Waals surface area contributed by atoms with Crippen LogP contribution in [0.5, 0.6) is 0 Å². The molecule has 0 aliphatic carbocycles. The molecule has 92 valence electrons. The molecule has 5 heteroatoms. The fourth-order valence-electron chi connectivity index (χ4n) is 2.22. The number of hydrogen-bond donors (Lipinski definition) is 0. The highest BCUT2D eigenvalue weighted by atomic mass is 35.5. The Labute approximate surface area is 120 Å². The summed E-state index contributed by atoms with van der Waals surface area (Å²) >= 11 is 18.7. The number of benzene rings is 2. The van der Waals surface area contributed by atoms with Crippen LogP contribution < -0.4 is 4.90 Å². The summed E-state index contributed by atoms with van der Waals surface area (Å²) in [5.41, 5.74) is 1.64. The average molecular weight is 300 g/mol. The number of hydrogen-bond acceptors (Lipinski definition) is 2. The standard InChI is InChI=1S/C13H9Cl3N2/c1-6-17-12-8(14)4-3-7-9(15)5-10(16)13(11(7)12)18(6)2/h3-5H,1-2H3. The quantitative estimate of drug-likeness (QED) is 0.644. The molecule has 0 unspecified atom stereocenters. The first kappa shape index (κ1) is 12.1. The van der Waals surface area contributed by atoms with Crippen LogP contribution in [0.1, 0.15) is 6.92 Å². The minimum absolute atomic E-state index is 0.604. The van der Waals surface area contributed by atoms with Gasteiger partial charge in [-0.15, -0.1) is 0 Å². The van der Waals surface area contributed by atoms with Crippen molar-refractivity contribution in [2.45, 2.75) is 6.92 Å². The molecule has 0 saturated carbocycles. The second-order valence-electron chi connectivity index (χ2n) is 4.23. The van der Waals surface area contributed by atoms with Crippen LogP contribution in [-0.2, 0) is 0 Å². The van der Waals surface area contributed by atoms with Crippen LogP contribution in [0, 0.1) is 0 Å². The largest absolute Gasteiger partial charge is 0.331 e. The molecular weight excluding hydrogens is 291 g/mol. The lowest BCUT2D eigenvalue weighted by molar-refractivity contribution is 1.23. The Morgan fingerprint density at radius 1 is 1.06 bits per heavy atom. The maximum Gasteiger partial charge on any atom is 0.106 e. The fraction of sp³-hybridized carbons (Fsp3) is 0.154. The number of amidine groups is 1. The van der Waals surface area contributed by atoms with E-state index in [-0.39, 0.29) is 0 Å². The Bertz CT molecular complexity index is 707. The second kappa shape index (κ2) is 4.02. The van der Waals surface area contributed by atoms with Gasteiger partial charge in [0.2, 0.25) is 0 Å². The number of halogens is 3. The van der Waals surface area contributed by atoms with E-state index in [0.29, 0.717) is 15.1 Å². The van der Waals surface area contributed by atoms with Crippen molar-refractivity contribution in [3.8, 4) is 0 Å². The third-order valence-corrected chi connectivity index (χ3v) is 4.10. The van der Waals surface area contributed by atoms with Gasteiger partial charge in [-0.25, -0.2) is 4.99 Å². The molecule has 0 saturated heterocycles. The Hall–Kier alpha value is -0.960. The number of aliphatic imine (C=N–C) groups is 1. The SMILES string of the molecule is CC1=Nc2c(Cl)ccc3c(Cl)cc(Cl)c(c23)N1C. The normalized spacial score (nSPS) is 14.1. The number of nitrogens with zero attached hydrogens (tertiary/aromatic N) is 2. The molecule has 0 fully saturated rings. The van der Waals surface area contributed by atoms with Gasteiger partial charge in [-0.05, 0) is 19.1 Å².